The van der Waals surface area contributed by atoms with Crippen LogP contribution in [0.25, 0.3) is 0 Å². The summed E-state index contributed by atoms with van der Waals surface area (Å²) in [7, 11) is 0. The van der Waals surface area contributed by atoms with E-state index in [0.717, 1.165) is 18.4 Å². The Hall–Kier alpha value is -3.80. The van der Waals surface area contributed by atoms with Gasteiger partial charge in [0.15, 0.2) is 0 Å². The fraction of sp³-hybridized carbons (Fsp3) is 0.429. The third-order valence-corrected chi connectivity index (χ3v) is 6.16. The van der Waals surface area contributed by atoms with Gasteiger partial charge in [0.2, 0.25) is 17.8 Å². The van der Waals surface area contributed by atoms with Crippen LogP contribution in [-0.2, 0) is 16.0 Å². The molecule has 2 aromatic carbocycles. The highest BCUT2D eigenvalue weighted by Gasteiger charge is 2.17. The first-order valence-corrected chi connectivity index (χ1v) is 13.5. The van der Waals surface area contributed by atoms with E-state index in [2.05, 4.69) is 36.2 Å². The van der Waals surface area contributed by atoms with E-state index in [9.17, 15) is 4.79 Å². The Morgan fingerprint density at radius 3 is 2.41 bits per heavy atom. The summed E-state index contributed by atoms with van der Waals surface area (Å²) in [5, 5.41) is 12.9. The van der Waals surface area contributed by atoms with E-state index in [-0.39, 0.29) is 5.91 Å². The summed E-state index contributed by atoms with van der Waals surface area (Å²) >= 11 is 0. The molecule has 4 rings (SSSR count). The average Bonchev–Trinajstić information content (AvgIpc) is 3.47. The summed E-state index contributed by atoms with van der Waals surface area (Å²) in [5.41, 5.74) is 7.72. The van der Waals surface area contributed by atoms with Crippen LogP contribution in [0, 0.1) is 0 Å². The first kappa shape index (κ1) is 28.2. The number of nitrogens with two attached hydrogens (primary N) is 1. The highest BCUT2D eigenvalue weighted by Crippen LogP contribution is 2.23. The lowest BCUT2D eigenvalue weighted by atomic mass is 10.2. The quantitative estimate of drug-likeness (QED) is 0.173. The summed E-state index contributed by atoms with van der Waals surface area (Å²) in [4.78, 5) is 26.4. The van der Waals surface area contributed by atoms with Crippen molar-refractivity contribution in [1.82, 2.24) is 20.3 Å². The predicted molar refractivity (Wildman–Crippen MR) is 152 cm³/mol. The molecule has 11 heteroatoms. The molecule has 0 saturated heterocycles. The Morgan fingerprint density at radius 1 is 0.872 bits per heavy atom. The maximum atomic E-state index is 12.7. The lowest BCUT2D eigenvalue weighted by molar-refractivity contribution is 0.0511. The molecule has 1 saturated carbocycles. The molecule has 0 spiro atoms. The van der Waals surface area contributed by atoms with Gasteiger partial charge in [-0.15, -0.1) is 0 Å². The van der Waals surface area contributed by atoms with Gasteiger partial charge in [-0.3, -0.25) is 4.79 Å². The smallest absolute Gasteiger partial charge is 0.251 e. The minimum absolute atomic E-state index is 0.189. The normalized spacial score (nSPS) is 13.3. The van der Waals surface area contributed by atoms with Crippen LogP contribution in [0.15, 0.2) is 54.6 Å². The van der Waals surface area contributed by atoms with E-state index in [1.165, 1.54) is 12.8 Å². The van der Waals surface area contributed by atoms with Gasteiger partial charge >= 0.3 is 0 Å². The van der Waals surface area contributed by atoms with Gasteiger partial charge in [0, 0.05) is 36.9 Å². The highest BCUT2D eigenvalue weighted by molar-refractivity contribution is 5.95. The standard InChI is InChI=1S/C28H38N8O3/c29-13-15-38-17-18-39-16-14-30-25(37)22-9-6-12-24(19-22)33-28-35-26(31-20-21-7-2-1-3-8-21)34-27(36-28)32-23-10-4-5-11-23/h1-3,6-9,12,19,23H,4-5,10-11,13-18,20,29H2,(H,30,37)(H3,31,32,33,34,35,36). The molecule has 1 aliphatic rings. The van der Waals surface area contributed by atoms with Crippen molar-refractivity contribution in [3.05, 3.63) is 65.7 Å². The fourth-order valence-corrected chi connectivity index (χ4v) is 4.22. The largest absolute Gasteiger partial charge is 0.378 e. The van der Waals surface area contributed by atoms with Crippen LogP contribution in [-0.4, -0.2) is 66.4 Å². The van der Waals surface area contributed by atoms with Gasteiger partial charge < -0.3 is 36.5 Å². The van der Waals surface area contributed by atoms with E-state index < -0.39 is 0 Å². The molecule has 11 nitrogen and oxygen atoms in total. The first-order chi connectivity index (χ1) is 19.2. The molecule has 1 amide bonds. The number of benzene rings is 2. The zero-order valence-corrected chi connectivity index (χ0v) is 22.2. The van der Waals surface area contributed by atoms with E-state index in [1.807, 2.05) is 42.5 Å². The van der Waals surface area contributed by atoms with Crippen LogP contribution in [0.2, 0.25) is 0 Å². The van der Waals surface area contributed by atoms with Crippen LogP contribution in [0.5, 0.6) is 0 Å². The molecule has 39 heavy (non-hydrogen) atoms. The Kier molecular flexibility index (Phi) is 11.3. The maximum absolute atomic E-state index is 12.7. The number of anilines is 4. The number of nitrogens with zero attached hydrogens (tertiary/aromatic N) is 3. The Labute approximate surface area is 229 Å². The Morgan fingerprint density at radius 2 is 1.62 bits per heavy atom. The van der Waals surface area contributed by atoms with Crippen molar-refractivity contribution in [2.45, 2.75) is 38.3 Å². The minimum atomic E-state index is -0.189. The average molecular weight is 535 g/mol. The van der Waals surface area contributed by atoms with Crippen molar-refractivity contribution < 1.29 is 14.3 Å². The van der Waals surface area contributed by atoms with Gasteiger partial charge in [-0.05, 0) is 36.6 Å². The molecule has 1 aromatic heterocycles. The molecule has 0 atom stereocenters. The number of hydrogen-bond donors (Lipinski definition) is 5. The SMILES string of the molecule is NCCOCCOCCNC(=O)c1cccc(Nc2nc(NCc3ccccc3)nc(NC3CCCC3)n2)c1. The van der Waals surface area contributed by atoms with Crippen LogP contribution < -0.4 is 27.0 Å². The van der Waals surface area contributed by atoms with E-state index >= 15 is 0 Å². The van der Waals surface area contributed by atoms with Crippen molar-refractivity contribution >= 4 is 29.4 Å². The van der Waals surface area contributed by atoms with Crippen molar-refractivity contribution in [1.29, 1.82) is 0 Å². The summed E-state index contributed by atoms with van der Waals surface area (Å²) in [6, 6.07) is 17.6. The lowest BCUT2D eigenvalue weighted by Crippen LogP contribution is -2.27. The molecule has 1 heterocycles. The zero-order chi connectivity index (χ0) is 27.1. The van der Waals surface area contributed by atoms with Crippen LogP contribution in [0.1, 0.15) is 41.6 Å². The number of hydrogen-bond acceptors (Lipinski definition) is 10. The van der Waals surface area contributed by atoms with Crippen molar-refractivity contribution in [2.24, 2.45) is 5.73 Å². The second-order valence-electron chi connectivity index (χ2n) is 9.25. The van der Waals surface area contributed by atoms with Gasteiger partial charge in [-0.1, -0.05) is 49.2 Å². The van der Waals surface area contributed by atoms with Crippen molar-refractivity contribution in [3.8, 4) is 0 Å². The van der Waals surface area contributed by atoms with Crippen LogP contribution in [0.4, 0.5) is 23.5 Å². The molecule has 0 unspecified atom stereocenters. The van der Waals surface area contributed by atoms with E-state index in [0.29, 0.717) is 81.2 Å². The number of carbonyl (C=O) groups excluding carboxylic acids is 1. The van der Waals surface area contributed by atoms with Crippen molar-refractivity contribution in [3.63, 3.8) is 0 Å². The number of nitrogens with one attached hydrogen (secondary N) is 4. The molecule has 0 radical (unpaired) electrons. The Bertz CT molecular complexity index is 1160. The maximum Gasteiger partial charge on any atom is 0.251 e. The molecular weight excluding hydrogens is 496 g/mol. The zero-order valence-electron chi connectivity index (χ0n) is 22.2. The van der Waals surface area contributed by atoms with Crippen LogP contribution in [0.3, 0.4) is 0 Å². The summed E-state index contributed by atoms with van der Waals surface area (Å²) in [6.07, 6.45) is 4.62. The van der Waals surface area contributed by atoms with E-state index in [1.54, 1.807) is 12.1 Å². The predicted octanol–water partition coefficient (Wildman–Crippen LogP) is 3.30. The molecular formula is C28H38N8O3. The number of carbonyl (C=O) groups is 1. The second-order valence-corrected chi connectivity index (χ2v) is 9.25. The molecule has 1 fully saturated rings. The monoisotopic (exact) mass is 534 g/mol. The summed E-state index contributed by atoms with van der Waals surface area (Å²) in [6.45, 7) is 3.33. The fourth-order valence-electron chi connectivity index (χ4n) is 4.22. The summed E-state index contributed by atoms with van der Waals surface area (Å²) < 4.78 is 10.7. The number of aromatic nitrogens is 3. The van der Waals surface area contributed by atoms with Gasteiger partial charge in [-0.2, -0.15) is 15.0 Å². The van der Waals surface area contributed by atoms with Crippen LogP contribution >= 0.6 is 0 Å². The number of ether oxygens (including phenoxy) is 2. The first-order valence-electron chi connectivity index (χ1n) is 13.5. The van der Waals surface area contributed by atoms with Gasteiger partial charge in [0.1, 0.15) is 0 Å². The third kappa shape index (κ3) is 9.78. The molecule has 1 aliphatic carbocycles. The molecule has 0 aliphatic heterocycles. The number of rotatable bonds is 16. The summed E-state index contributed by atoms with van der Waals surface area (Å²) in [5.74, 6) is 1.20. The minimum Gasteiger partial charge on any atom is -0.378 e. The Balaban J connectivity index is 1.36. The third-order valence-electron chi connectivity index (χ3n) is 6.16. The topological polar surface area (TPSA) is 148 Å². The molecule has 208 valence electrons. The second kappa shape index (κ2) is 15.6. The van der Waals surface area contributed by atoms with Gasteiger partial charge in [-0.25, -0.2) is 0 Å². The molecule has 0 bridgehead atoms. The molecule has 6 N–H and O–H groups in total. The van der Waals surface area contributed by atoms with E-state index in [4.69, 9.17) is 15.2 Å². The van der Waals surface area contributed by atoms with Gasteiger partial charge in [0.25, 0.3) is 5.91 Å². The number of amides is 1. The van der Waals surface area contributed by atoms with Crippen molar-refractivity contribution in [2.75, 3.05) is 55.5 Å². The lowest BCUT2D eigenvalue weighted by Gasteiger charge is -2.15. The van der Waals surface area contributed by atoms with Gasteiger partial charge in [0.05, 0.1) is 26.4 Å². The highest BCUT2D eigenvalue weighted by atomic mass is 16.5. The molecule has 3 aromatic rings.